The summed E-state index contributed by atoms with van der Waals surface area (Å²) in [5.74, 6) is -0.435. The fourth-order valence-corrected chi connectivity index (χ4v) is 0. The fourth-order valence-electron chi connectivity index (χ4n) is 0. The Bertz CT molecular complexity index is 79.1. The number of primary amides is 1. The molecule has 0 spiro atoms. The Labute approximate surface area is 51.9 Å². The molecule has 0 saturated heterocycles. The Morgan fingerprint density at radius 1 is 1.62 bits per heavy atom. The smallest absolute Gasteiger partial charge is 0.243 e. The van der Waals surface area contributed by atoms with Gasteiger partial charge in [0.05, 0.1) is 0 Å². The molecular formula is C6H15NO. The van der Waals surface area contributed by atoms with Crippen LogP contribution in [0.2, 0.25) is 0 Å². The number of hydrogen-bond acceptors (Lipinski definition) is 1. The van der Waals surface area contributed by atoms with Gasteiger partial charge in [-0.2, -0.15) is 0 Å². The molecule has 2 heteroatoms. The molecule has 0 aromatic carbocycles. The molecule has 50 valence electrons. The number of hydrogen-bond donors (Lipinski definition) is 1. The van der Waals surface area contributed by atoms with E-state index in [4.69, 9.17) is 5.73 Å². The van der Waals surface area contributed by atoms with Gasteiger partial charge in [0.2, 0.25) is 5.91 Å². The van der Waals surface area contributed by atoms with Crippen molar-refractivity contribution in [3.05, 3.63) is 12.2 Å². The second kappa shape index (κ2) is 6.21. The van der Waals surface area contributed by atoms with Crippen molar-refractivity contribution < 1.29 is 6.22 Å². The molecule has 0 aliphatic rings. The average Bonchev–Trinajstić information content (AvgIpc) is 1.72. The van der Waals surface area contributed by atoms with Crippen LogP contribution in [-0.2, 0) is 4.79 Å². The molecule has 0 aliphatic carbocycles. The van der Waals surface area contributed by atoms with E-state index in [1.54, 1.807) is 6.92 Å². The third-order valence-corrected chi connectivity index (χ3v) is 0.421. The van der Waals surface area contributed by atoms with Gasteiger partial charge in [-0.15, -0.1) is 0 Å². The van der Waals surface area contributed by atoms with Crippen molar-refractivity contribution in [2.24, 2.45) is 5.73 Å². The van der Waals surface area contributed by atoms with Crippen LogP contribution in [0.25, 0.3) is 0 Å². The highest BCUT2D eigenvalue weighted by atomic mass is 16.1. The Morgan fingerprint density at radius 2 is 1.75 bits per heavy atom. The summed E-state index contributed by atoms with van der Waals surface area (Å²) in [6, 6.07) is 0. The number of rotatable bonds is 1. The van der Waals surface area contributed by atoms with E-state index in [1.807, 2.05) is 13.8 Å². The van der Waals surface area contributed by atoms with E-state index in [-0.39, 0.29) is 1.43 Å². The van der Waals surface area contributed by atoms with Crippen molar-refractivity contribution in [2.45, 2.75) is 20.8 Å². The fraction of sp³-hybridized carbons (Fsp3) is 0.500. The molecule has 1 amide bonds. The maximum Gasteiger partial charge on any atom is 0.243 e. The van der Waals surface area contributed by atoms with Gasteiger partial charge in [-0.3, -0.25) is 4.79 Å². The molecule has 0 unspecified atom stereocenters. The molecule has 0 radical (unpaired) electrons. The maximum atomic E-state index is 9.82. The van der Waals surface area contributed by atoms with Gasteiger partial charge >= 0.3 is 0 Å². The monoisotopic (exact) mass is 117 g/mol. The molecule has 0 heterocycles. The first-order valence-corrected chi connectivity index (χ1v) is 2.60. The van der Waals surface area contributed by atoms with Gasteiger partial charge in [-0.05, 0) is 6.92 Å². The number of nitrogens with two attached hydrogens (primary N) is 1. The lowest BCUT2D eigenvalue weighted by Gasteiger charge is -1.81. The van der Waals surface area contributed by atoms with Crippen LogP contribution in [0.1, 0.15) is 22.2 Å². The van der Waals surface area contributed by atoms with Crippen LogP contribution in [0.15, 0.2) is 12.2 Å². The van der Waals surface area contributed by atoms with Crippen LogP contribution in [0.5, 0.6) is 0 Å². The molecule has 0 rings (SSSR count). The van der Waals surface area contributed by atoms with E-state index >= 15 is 0 Å². The molecule has 0 aromatic heterocycles. The lowest BCUT2D eigenvalue weighted by Crippen LogP contribution is -2.10. The summed E-state index contributed by atoms with van der Waals surface area (Å²) in [6.45, 7) is 8.85. The zero-order valence-corrected chi connectivity index (χ0v) is 5.69. The lowest BCUT2D eigenvalue weighted by atomic mass is 10.3. The van der Waals surface area contributed by atoms with Gasteiger partial charge in [0.25, 0.3) is 0 Å². The molecule has 0 aliphatic heterocycles. The van der Waals surface area contributed by atoms with E-state index in [0.29, 0.717) is 5.57 Å². The van der Waals surface area contributed by atoms with Crippen molar-refractivity contribution in [3.63, 3.8) is 0 Å². The molecule has 0 saturated carbocycles. The predicted octanol–water partition coefficient (Wildman–Crippen LogP) is 1.32. The van der Waals surface area contributed by atoms with Gasteiger partial charge in [-0.25, -0.2) is 0 Å². The molecular weight excluding hydrogens is 102 g/mol. The second-order valence-electron chi connectivity index (χ2n) is 1.14. The van der Waals surface area contributed by atoms with Crippen LogP contribution >= 0.6 is 0 Å². The van der Waals surface area contributed by atoms with Crippen molar-refractivity contribution in [2.75, 3.05) is 0 Å². The number of carbonyl (C=O) groups excluding carboxylic acids is 1. The highest BCUT2D eigenvalue weighted by molar-refractivity contribution is 5.90. The highest BCUT2D eigenvalue weighted by Crippen LogP contribution is 1.78. The van der Waals surface area contributed by atoms with Gasteiger partial charge in [0.1, 0.15) is 0 Å². The first-order valence-electron chi connectivity index (χ1n) is 2.60. The van der Waals surface area contributed by atoms with E-state index < -0.39 is 5.91 Å². The van der Waals surface area contributed by atoms with E-state index in [0.717, 1.165) is 0 Å². The van der Waals surface area contributed by atoms with Crippen molar-refractivity contribution >= 4 is 5.91 Å². The van der Waals surface area contributed by atoms with Crippen LogP contribution in [0.3, 0.4) is 0 Å². The van der Waals surface area contributed by atoms with E-state index in [1.165, 1.54) is 0 Å². The van der Waals surface area contributed by atoms with Gasteiger partial charge in [-0.1, -0.05) is 20.4 Å². The average molecular weight is 117 g/mol. The largest absolute Gasteiger partial charge is 0.366 e. The molecule has 8 heavy (non-hydrogen) atoms. The summed E-state index contributed by atoms with van der Waals surface area (Å²) in [4.78, 5) is 9.82. The van der Waals surface area contributed by atoms with Gasteiger partial charge in [0.15, 0.2) is 0 Å². The summed E-state index contributed by atoms with van der Waals surface area (Å²) < 4.78 is 0. The van der Waals surface area contributed by atoms with Crippen molar-refractivity contribution in [3.8, 4) is 0 Å². The minimum Gasteiger partial charge on any atom is -0.366 e. The molecule has 0 fully saturated rings. The Hall–Kier alpha value is -0.790. The summed E-state index contributed by atoms with van der Waals surface area (Å²) in [5.41, 5.74) is 5.09. The first-order chi connectivity index (χ1) is 3.64. The lowest BCUT2D eigenvalue weighted by molar-refractivity contribution is -0.114. The summed E-state index contributed by atoms with van der Waals surface area (Å²) >= 11 is 0. The zero-order chi connectivity index (χ0) is 7.15. The quantitative estimate of drug-likeness (QED) is 0.517. The standard InChI is InChI=1S/C4H7NO.C2H6.H2/c1-3(2)4(5)6;1-2;/h1H2,2H3,(H2,5,6);1-2H3;1H. The molecule has 2 nitrogen and oxygen atoms in total. The highest BCUT2D eigenvalue weighted by Gasteiger charge is 1.86. The van der Waals surface area contributed by atoms with Crippen LogP contribution in [0, 0.1) is 0 Å². The van der Waals surface area contributed by atoms with Crippen LogP contribution < -0.4 is 5.73 Å². The third kappa shape index (κ3) is 8.96. The van der Waals surface area contributed by atoms with Crippen molar-refractivity contribution in [1.82, 2.24) is 0 Å². The van der Waals surface area contributed by atoms with Gasteiger partial charge in [0, 0.05) is 7.00 Å². The molecule has 0 atom stereocenters. The molecule has 0 aromatic rings. The SMILES string of the molecule is C=C(C)C(N)=O.CC.[HH]. The van der Waals surface area contributed by atoms with E-state index in [9.17, 15) is 4.79 Å². The molecule has 2 N–H and O–H groups in total. The third-order valence-electron chi connectivity index (χ3n) is 0.421. The number of carbonyl (C=O) groups is 1. The minimum atomic E-state index is -0.435. The second-order valence-corrected chi connectivity index (χ2v) is 1.14. The first kappa shape index (κ1) is 10.2. The summed E-state index contributed by atoms with van der Waals surface area (Å²) in [5, 5.41) is 0. The topological polar surface area (TPSA) is 43.1 Å². The Morgan fingerprint density at radius 3 is 1.75 bits per heavy atom. The van der Waals surface area contributed by atoms with Crippen molar-refractivity contribution in [1.29, 1.82) is 0 Å². The molecule has 0 bridgehead atoms. The van der Waals surface area contributed by atoms with Crippen LogP contribution in [-0.4, -0.2) is 5.91 Å². The van der Waals surface area contributed by atoms with Gasteiger partial charge < -0.3 is 5.73 Å². The summed E-state index contributed by atoms with van der Waals surface area (Å²) in [7, 11) is 0. The summed E-state index contributed by atoms with van der Waals surface area (Å²) in [6.07, 6.45) is 0. The predicted molar refractivity (Wildman–Crippen MR) is 37.5 cm³/mol. The zero-order valence-electron chi connectivity index (χ0n) is 5.69. The Balaban J connectivity index is -0.000000109. The Kier molecular flexibility index (Phi) is 7.95. The normalized spacial score (nSPS) is 6.38. The minimum absolute atomic E-state index is 0. The van der Waals surface area contributed by atoms with Crippen LogP contribution in [0.4, 0.5) is 0 Å². The maximum absolute atomic E-state index is 9.82. The van der Waals surface area contributed by atoms with E-state index in [2.05, 4.69) is 6.58 Å². The number of amides is 1.